The zero-order valence-corrected chi connectivity index (χ0v) is 14.3. The number of halogens is 1. The molecule has 1 aliphatic rings. The lowest BCUT2D eigenvalue weighted by Gasteiger charge is -2.34. The summed E-state index contributed by atoms with van der Waals surface area (Å²) in [7, 11) is 0. The number of amides is 2. The fraction of sp³-hybridized carbons (Fsp3) is 0.471. The number of nitrogens with one attached hydrogen (secondary N) is 1. The molecule has 6 nitrogen and oxygen atoms in total. The molecule has 7 heteroatoms. The number of hydrogen-bond donors (Lipinski definition) is 2. The van der Waals surface area contributed by atoms with Gasteiger partial charge in [0.1, 0.15) is 6.04 Å². The summed E-state index contributed by atoms with van der Waals surface area (Å²) in [5.41, 5.74) is 0.285. The van der Waals surface area contributed by atoms with Crippen molar-refractivity contribution in [1.82, 2.24) is 4.90 Å². The Balaban J connectivity index is 2.14. The van der Waals surface area contributed by atoms with Crippen molar-refractivity contribution >= 4 is 35.1 Å². The smallest absolute Gasteiger partial charge is 0.337 e. The minimum atomic E-state index is -1.16. The van der Waals surface area contributed by atoms with Crippen LogP contribution >= 0.6 is 11.6 Å². The quantitative estimate of drug-likeness (QED) is 0.852. The predicted molar refractivity (Wildman–Crippen MR) is 91.3 cm³/mol. The van der Waals surface area contributed by atoms with Crippen molar-refractivity contribution in [3.05, 3.63) is 28.8 Å². The molecule has 1 aromatic rings. The van der Waals surface area contributed by atoms with E-state index >= 15 is 0 Å². The summed E-state index contributed by atoms with van der Waals surface area (Å²) in [6.45, 7) is 2.51. The summed E-state index contributed by atoms with van der Waals surface area (Å²) in [6.07, 6.45) is 3.55. The summed E-state index contributed by atoms with van der Waals surface area (Å²) < 4.78 is 0. The van der Waals surface area contributed by atoms with Crippen LogP contribution < -0.4 is 5.32 Å². The van der Waals surface area contributed by atoms with Crippen LogP contribution in [-0.2, 0) is 9.59 Å². The monoisotopic (exact) mass is 352 g/mol. The molecule has 2 amide bonds. The maximum Gasteiger partial charge on any atom is 0.337 e. The number of aromatic carboxylic acids is 1. The Hall–Kier alpha value is -2.08. The third-order valence-electron chi connectivity index (χ3n) is 4.05. The van der Waals surface area contributed by atoms with Crippen LogP contribution in [0.2, 0.25) is 5.02 Å². The number of nitrogens with zero attached hydrogens (tertiary/aromatic N) is 1. The summed E-state index contributed by atoms with van der Waals surface area (Å²) >= 11 is 5.83. The molecule has 0 spiro atoms. The highest BCUT2D eigenvalue weighted by Crippen LogP contribution is 2.23. The van der Waals surface area contributed by atoms with Crippen LogP contribution in [0.4, 0.5) is 5.69 Å². The minimum absolute atomic E-state index is 0.0142. The van der Waals surface area contributed by atoms with Gasteiger partial charge in [0.2, 0.25) is 11.8 Å². The number of piperidine rings is 1. The Morgan fingerprint density at radius 1 is 1.33 bits per heavy atom. The topological polar surface area (TPSA) is 86.7 Å². The number of hydrogen-bond acceptors (Lipinski definition) is 3. The highest BCUT2D eigenvalue weighted by Gasteiger charge is 2.31. The molecule has 0 aliphatic carbocycles. The number of benzene rings is 1. The van der Waals surface area contributed by atoms with Gasteiger partial charge in [-0.2, -0.15) is 0 Å². The summed E-state index contributed by atoms with van der Waals surface area (Å²) in [6, 6.07) is 3.79. The van der Waals surface area contributed by atoms with Gasteiger partial charge in [0.05, 0.1) is 10.6 Å². The van der Waals surface area contributed by atoms with Gasteiger partial charge in [0, 0.05) is 18.7 Å². The van der Waals surface area contributed by atoms with Gasteiger partial charge in [0.25, 0.3) is 0 Å². The molecule has 0 saturated carbocycles. The van der Waals surface area contributed by atoms with Gasteiger partial charge in [-0.15, -0.1) is 0 Å². The number of carbonyl (C=O) groups excluding carboxylic acids is 2. The average molecular weight is 353 g/mol. The fourth-order valence-corrected chi connectivity index (χ4v) is 3.05. The highest BCUT2D eigenvalue weighted by atomic mass is 35.5. The maximum absolute atomic E-state index is 12.6. The van der Waals surface area contributed by atoms with E-state index in [-0.39, 0.29) is 22.4 Å². The number of anilines is 1. The molecule has 1 saturated heterocycles. The van der Waals surface area contributed by atoms with Gasteiger partial charge in [-0.1, -0.05) is 18.5 Å². The Labute approximate surface area is 145 Å². The molecule has 130 valence electrons. The number of rotatable bonds is 5. The van der Waals surface area contributed by atoms with E-state index in [4.69, 9.17) is 16.7 Å². The van der Waals surface area contributed by atoms with Crippen molar-refractivity contribution in [3.8, 4) is 0 Å². The first-order chi connectivity index (χ1) is 11.4. The van der Waals surface area contributed by atoms with E-state index in [1.165, 1.54) is 12.1 Å². The first kappa shape index (κ1) is 18.3. The predicted octanol–water partition coefficient (Wildman–Crippen LogP) is 3.16. The first-order valence-corrected chi connectivity index (χ1v) is 8.45. The van der Waals surface area contributed by atoms with Crippen molar-refractivity contribution in [2.24, 2.45) is 0 Å². The van der Waals surface area contributed by atoms with E-state index in [1.807, 2.05) is 6.92 Å². The van der Waals surface area contributed by atoms with Crippen molar-refractivity contribution in [3.63, 3.8) is 0 Å². The van der Waals surface area contributed by atoms with Gasteiger partial charge >= 0.3 is 5.97 Å². The third kappa shape index (κ3) is 4.26. The van der Waals surface area contributed by atoms with Gasteiger partial charge < -0.3 is 15.3 Å². The molecule has 1 aromatic carbocycles. The van der Waals surface area contributed by atoms with E-state index in [0.29, 0.717) is 25.1 Å². The summed E-state index contributed by atoms with van der Waals surface area (Å²) in [4.78, 5) is 37.5. The van der Waals surface area contributed by atoms with Crippen molar-refractivity contribution < 1.29 is 19.5 Å². The highest BCUT2D eigenvalue weighted by molar-refractivity contribution is 6.33. The van der Waals surface area contributed by atoms with Gasteiger partial charge in [-0.05, 0) is 43.9 Å². The second kappa shape index (κ2) is 8.15. The number of carboxylic acids is 1. The molecule has 24 heavy (non-hydrogen) atoms. The molecule has 1 unspecified atom stereocenters. The van der Waals surface area contributed by atoms with Crippen molar-refractivity contribution in [2.75, 3.05) is 11.9 Å². The second-order valence-corrected chi connectivity index (χ2v) is 6.24. The largest absolute Gasteiger partial charge is 0.478 e. The Morgan fingerprint density at radius 3 is 2.75 bits per heavy atom. The van der Waals surface area contributed by atoms with E-state index in [1.54, 1.807) is 11.0 Å². The lowest BCUT2D eigenvalue weighted by Crippen LogP contribution is -2.49. The number of carbonyl (C=O) groups is 3. The molecular weight excluding hydrogens is 332 g/mol. The number of likely N-dealkylation sites (tertiary alicyclic amines) is 1. The normalized spacial score (nSPS) is 17.4. The molecule has 1 heterocycles. The van der Waals surface area contributed by atoms with E-state index in [2.05, 4.69) is 5.32 Å². The molecule has 0 bridgehead atoms. The first-order valence-electron chi connectivity index (χ1n) is 8.07. The van der Waals surface area contributed by atoms with E-state index < -0.39 is 12.0 Å². The lowest BCUT2D eigenvalue weighted by molar-refractivity contribution is -0.140. The molecule has 0 radical (unpaired) electrons. The lowest BCUT2D eigenvalue weighted by atomic mass is 10.0. The zero-order valence-electron chi connectivity index (χ0n) is 13.5. The van der Waals surface area contributed by atoms with Gasteiger partial charge in [-0.25, -0.2) is 4.79 Å². The average Bonchev–Trinajstić information content (AvgIpc) is 2.56. The van der Waals surface area contributed by atoms with Crippen LogP contribution in [0.5, 0.6) is 0 Å². The standard InChI is InChI=1S/C17H21ClN2O4/c1-2-5-15(21)20-9-4-3-6-14(20)16(22)19-11-7-8-13(18)12(10-11)17(23)24/h7-8,10,14H,2-6,9H2,1H3,(H,19,22)(H,23,24). The molecule has 1 aliphatic heterocycles. The molecule has 0 aromatic heterocycles. The minimum Gasteiger partial charge on any atom is -0.478 e. The van der Waals surface area contributed by atoms with Crippen LogP contribution in [0, 0.1) is 0 Å². The van der Waals surface area contributed by atoms with Crippen LogP contribution in [0.1, 0.15) is 49.4 Å². The fourth-order valence-electron chi connectivity index (χ4n) is 2.85. The van der Waals surface area contributed by atoms with Crippen molar-refractivity contribution in [2.45, 2.75) is 45.1 Å². The van der Waals surface area contributed by atoms with Gasteiger partial charge in [0.15, 0.2) is 0 Å². The van der Waals surface area contributed by atoms with Gasteiger partial charge in [-0.3, -0.25) is 9.59 Å². The summed E-state index contributed by atoms with van der Waals surface area (Å²) in [5.74, 6) is -1.47. The molecular formula is C17H21ClN2O4. The second-order valence-electron chi connectivity index (χ2n) is 5.84. The molecule has 1 atom stereocenters. The zero-order chi connectivity index (χ0) is 17.7. The Morgan fingerprint density at radius 2 is 2.08 bits per heavy atom. The van der Waals surface area contributed by atoms with Crippen LogP contribution in [-0.4, -0.2) is 40.4 Å². The molecule has 2 rings (SSSR count). The maximum atomic E-state index is 12.6. The third-order valence-corrected chi connectivity index (χ3v) is 4.38. The van der Waals surface area contributed by atoms with Crippen LogP contribution in [0.25, 0.3) is 0 Å². The SMILES string of the molecule is CCCC(=O)N1CCCCC1C(=O)Nc1ccc(Cl)c(C(=O)O)c1. The summed E-state index contributed by atoms with van der Waals surface area (Å²) in [5, 5.41) is 11.9. The van der Waals surface area contributed by atoms with Crippen molar-refractivity contribution in [1.29, 1.82) is 0 Å². The van der Waals surface area contributed by atoms with Crippen LogP contribution in [0.3, 0.4) is 0 Å². The molecule has 1 fully saturated rings. The van der Waals surface area contributed by atoms with Crippen LogP contribution in [0.15, 0.2) is 18.2 Å². The Kier molecular flexibility index (Phi) is 6.20. The molecule has 2 N–H and O–H groups in total. The van der Waals surface area contributed by atoms with E-state index in [0.717, 1.165) is 19.3 Å². The Bertz CT molecular complexity index is 647. The number of carboxylic acid groups (broad SMARTS) is 1. The van der Waals surface area contributed by atoms with E-state index in [9.17, 15) is 14.4 Å².